The van der Waals surface area contributed by atoms with Crippen LogP contribution in [0, 0.1) is 6.92 Å². The molecule has 1 unspecified atom stereocenters. The Morgan fingerprint density at radius 1 is 1.41 bits per heavy atom. The molecule has 2 aromatic heterocycles. The van der Waals surface area contributed by atoms with Crippen molar-refractivity contribution >= 4 is 11.9 Å². The monoisotopic (exact) mass is 301 g/mol. The van der Waals surface area contributed by atoms with Crippen LogP contribution in [-0.2, 0) is 11.8 Å². The quantitative estimate of drug-likeness (QED) is 0.803. The lowest BCUT2D eigenvalue weighted by Crippen LogP contribution is -2.27. The number of methoxy groups -OCH3 is 1. The van der Waals surface area contributed by atoms with Crippen molar-refractivity contribution < 1.29 is 9.53 Å². The van der Waals surface area contributed by atoms with E-state index in [1.807, 2.05) is 24.7 Å². The third-order valence-corrected chi connectivity index (χ3v) is 3.95. The molecule has 0 N–H and O–H groups in total. The van der Waals surface area contributed by atoms with Gasteiger partial charge in [-0.3, -0.25) is 4.68 Å². The first-order chi connectivity index (χ1) is 10.6. The Kier molecular flexibility index (Phi) is 3.79. The number of esters is 1. The number of ether oxygens (including phenoxy) is 1. The highest BCUT2D eigenvalue weighted by Gasteiger charge is 2.30. The molecule has 0 aliphatic carbocycles. The van der Waals surface area contributed by atoms with E-state index in [1.165, 1.54) is 7.11 Å². The van der Waals surface area contributed by atoms with Crippen LogP contribution in [0.25, 0.3) is 0 Å². The number of nitrogens with zero attached hydrogens (tertiary/aromatic N) is 5. The molecule has 1 fully saturated rings. The topological polar surface area (TPSA) is 73.1 Å². The summed E-state index contributed by atoms with van der Waals surface area (Å²) < 4.78 is 6.64. The fourth-order valence-corrected chi connectivity index (χ4v) is 2.92. The molecular weight excluding hydrogens is 282 g/mol. The largest absolute Gasteiger partial charge is 0.464 e. The van der Waals surface area contributed by atoms with Crippen LogP contribution >= 0.6 is 0 Å². The van der Waals surface area contributed by atoms with Crippen molar-refractivity contribution in [3.8, 4) is 0 Å². The molecule has 22 heavy (non-hydrogen) atoms. The van der Waals surface area contributed by atoms with Crippen LogP contribution in [0.4, 0.5) is 5.95 Å². The molecule has 1 atom stereocenters. The third-order valence-electron chi connectivity index (χ3n) is 3.95. The first-order valence-electron chi connectivity index (χ1n) is 7.28. The van der Waals surface area contributed by atoms with Gasteiger partial charge in [0.1, 0.15) is 0 Å². The van der Waals surface area contributed by atoms with Gasteiger partial charge in [0, 0.05) is 25.5 Å². The number of rotatable bonds is 3. The van der Waals surface area contributed by atoms with Gasteiger partial charge < -0.3 is 9.64 Å². The molecular formula is C15H19N5O2. The van der Waals surface area contributed by atoms with Crippen molar-refractivity contribution in [3.05, 3.63) is 35.4 Å². The van der Waals surface area contributed by atoms with Crippen molar-refractivity contribution in [2.75, 3.05) is 18.6 Å². The second kappa shape index (κ2) is 5.75. The number of anilines is 1. The van der Waals surface area contributed by atoms with Crippen molar-refractivity contribution in [3.63, 3.8) is 0 Å². The smallest absolute Gasteiger partial charge is 0.356 e. The Balaban J connectivity index is 1.97. The maximum atomic E-state index is 11.8. The van der Waals surface area contributed by atoms with E-state index in [1.54, 1.807) is 12.3 Å². The first-order valence-corrected chi connectivity index (χ1v) is 7.28. The molecule has 3 rings (SSSR count). The fraction of sp³-hybridized carbons (Fsp3) is 0.467. The van der Waals surface area contributed by atoms with Crippen LogP contribution in [-0.4, -0.2) is 39.4 Å². The average Bonchev–Trinajstić information content (AvgIpc) is 3.13. The summed E-state index contributed by atoms with van der Waals surface area (Å²) in [5.41, 5.74) is 2.17. The number of hydrogen-bond acceptors (Lipinski definition) is 6. The van der Waals surface area contributed by atoms with Gasteiger partial charge in [-0.25, -0.2) is 14.8 Å². The maximum absolute atomic E-state index is 11.8. The minimum Gasteiger partial charge on any atom is -0.464 e. The number of carbonyl (C=O) groups excluding carboxylic acids is 1. The molecule has 1 saturated heterocycles. The molecule has 0 radical (unpaired) electrons. The van der Waals surface area contributed by atoms with Crippen molar-refractivity contribution in [2.24, 2.45) is 7.05 Å². The van der Waals surface area contributed by atoms with Crippen LogP contribution < -0.4 is 4.90 Å². The zero-order valence-electron chi connectivity index (χ0n) is 13.0. The molecule has 0 amide bonds. The van der Waals surface area contributed by atoms with Gasteiger partial charge in [-0.05, 0) is 31.9 Å². The maximum Gasteiger partial charge on any atom is 0.356 e. The first kappa shape index (κ1) is 14.5. The summed E-state index contributed by atoms with van der Waals surface area (Å²) in [5, 5.41) is 4.24. The second-order valence-corrected chi connectivity index (χ2v) is 5.42. The molecule has 0 bridgehead atoms. The van der Waals surface area contributed by atoms with Crippen molar-refractivity contribution in [2.45, 2.75) is 25.8 Å². The van der Waals surface area contributed by atoms with E-state index >= 15 is 0 Å². The molecule has 7 nitrogen and oxygen atoms in total. The normalized spacial score (nSPS) is 17.8. The lowest BCUT2D eigenvalue weighted by Gasteiger charge is -2.25. The molecule has 2 aromatic rings. The lowest BCUT2D eigenvalue weighted by atomic mass is 10.1. The van der Waals surface area contributed by atoms with Crippen LogP contribution in [0.5, 0.6) is 0 Å². The molecule has 0 saturated carbocycles. The minimum absolute atomic E-state index is 0.180. The number of carbonyl (C=O) groups is 1. The second-order valence-electron chi connectivity index (χ2n) is 5.42. The Morgan fingerprint density at radius 2 is 2.23 bits per heavy atom. The van der Waals surface area contributed by atoms with Crippen molar-refractivity contribution in [1.82, 2.24) is 19.7 Å². The summed E-state index contributed by atoms with van der Waals surface area (Å²) >= 11 is 0. The van der Waals surface area contributed by atoms with Gasteiger partial charge in [0.15, 0.2) is 5.69 Å². The van der Waals surface area contributed by atoms with E-state index in [0.29, 0.717) is 11.6 Å². The highest BCUT2D eigenvalue weighted by atomic mass is 16.5. The summed E-state index contributed by atoms with van der Waals surface area (Å²) in [6, 6.07) is 3.84. The highest BCUT2D eigenvalue weighted by molar-refractivity contribution is 5.87. The van der Waals surface area contributed by atoms with Crippen LogP contribution in [0.3, 0.4) is 0 Å². The molecule has 1 aliphatic rings. The zero-order chi connectivity index (χ0) is 15.7. The van der Waals surface area contributed by atoms with E-state index in [4.69, 9.17) is 4.74 Å². The third kappa shape index (κ3) is 2.54. The predicted molar refractivity (Wildman–Crippen MR) is 80.6 cm³/mol. The summed E-state index contributed by atoms with van der Waals surface area (Å²) in [5.74, 6) is 0.132. The van der Waals surface area contributed by atoms with E-state index in [-0.39, 0.29) is 6.04 Å². The Bertz CT molecular complexity index is 697. The van der Waals surface area contributed by atoms with Crippen LogP contribution in [0.2, 0.25) is 0 Å². The molecule has 116 valence electrons. The molecule has 3 heterocycles. The van der Waals surface area contributed by atoms with Gasteiger partial charge >= 0.3 is 5.97 Å². The summed E-state index contributed by atoms with van der Waals surface area (Å²) in [6.45, 7) is 2.71. The molecule has 7 heteroatoms. The number of aryl methyl sites for hydroxylation is 2. The van der Waals surface area contributed by atoms with Crippen molar-refractivity contribution in [1.29, 1.82) is 0 Å². The molecule has 1 aliphatic heterocycles. The Labute approximate surface area is 128 Å². The van der Waals surface area contributed by atoms with Gasteiger partial charge in [0.2, 0.25) is 5.95 Å². The zero-order valence-corrected chi connectivity index (χ0v) is 13.0. The van der Waals surface area contributed by atoms with Crippen LogP contribution in [0.1, 0.15) is 40.8 Å². The predicted octanol–water partition coefficient (Wildman–Crippen LogP) is 1.65. The number of hydrogen-bond donors (Lipinski definition) is 0. The summed E-state index contributed by atoms with van der Waals surface area (Å²) in [7, 11) is 3.29. The lowest BCUT2D eigenvalue weighted by molar-refractivity contribution is 0.0593. The SMILES string of the molecule is COC(=O)c1cc(C)nc(N2CCCC2c2ccnn2C)n1. The molecule has 0 aromatic carbocycles. The van der Waals surface area contributed by atoms with Gasteiger partial charge in [-0.1, -0.05) is 0 Å². The Morgan fingerprint density at radius 3 is 2.91 bits per heavy atom. The standard InChI is InChI=1S/C15H19N5O2/c1-10-9-11(14(21)22-3)18-15(17-10)20-8-4-5-13(20)12-6-7-16-19(12)2/h6-7,9,13H,4-5,8H2,1-3H3. The summed E-state index contributed by atoms with van der Waals surface area (Å²) in [6.07, 6.45) is 3.87. The van der Waals surface area contributed by atoms with Gasteiger partial charge in [0.05, 0.1) is 18.8 Å². The molecule has 0 spiro atoms. The van der Waals surface area contributed by atoms with Gasteiger partial charge in [0.25, 0.3) is 0 Å². The average molecular weight is 301 g/mol. The van der Waals surface area contributed by atoms with E-state index in [9.17, 15) is 4.79 Å². The Hall–Kier alpha value is -2.44. The van der Waals surface area contributed by atoms with E-state index in [2.05, 4.69) is 20.0 Å². The fourth-order valence-electron chi connectivity index (χ4n) is 2.92. The van der Waals surface area contributed by atoms with E-state index in [0.717, 1.165) is 30.8 Å². The minimum atomic E-state index is -0.442. The van der Waals surface area contributed by atoms with Gasteiger partial charge in [-0.2, -0.15) is 5.10 Å². The number of aromatic nitrogens is 4. The van der Waals surface area contributed by atoms with Gasteiger partial charge in [-0.15, -0.1) is 0 Å². The van der Waals surface area contributed by atoms with Crippen LogP contribution in [0.15, 0.2) is 18.3 Å². The highest BCUT2D eigenvalue weighted by Crippen LogP contribution is 2.34. The van der Waals surface area contributed by atoms with E-state index < -0.39 is 5.97 Å². The summed E-state index contributed by atoms with van der Waals surface area (Å²) in [4.78, 5) is 22.8.